The fourth-order valence-corrected chi connectivity index (χ4v) is 3.87. The summed E-state index contributed by atoms with van der Waals surface area (Å²) in [5.41, 5.74) is 0.407. The highest BCUT2D eigenvalue weighted by atomic mass is 79.9. The van der Waals surface area contributed by atoms with Crippen LogP contribution in [0.1, 0.15) is 12.5 Å². The van der Waals surface area contributed by atoms with Gasteiger partial charge in [-0.2, -0.15) is 13.2 Å². The van der Waals surface area contributed by atoms with Crippen LogP contribution in [-0.2, 0) is 21.2 Å². The second-order valence-electron chi connectivity index (χ2n) is 5.78. The average Bonchev–Trinajstić information content (AvgIpc) is 2.61. The van der Waals surface area contributed by atoms with Gasteiger partial charge in [-0.3, -0.25) is 4.79 Å². The maximum absolute atomic E-state index is 12.4. The summed E-state index contributed by atoms with van der Waals surface area (Å²) in [6.45, 7) is 0.760. The first-order chi connectivity index (χ1) is 13.5. The zero-order chi connectivity index (χ0) is 21.7. The molecule has 0 radical (unpaired) electrons. The van der Waals surface area contributed by atoms with Crippen LogP contribution in [0.3, 0.4) is 0 Å². The van der Waals surface area contributed by atoms with Crippen LogP contribution in [0.4, 0.5) is 13.2 Å². The first-order valence-electron chi connectivity index (χ1n) is 8.26. The lowest BCUT2D eigenvalue weighted by atomic mass is 10.1. The number of hydrogen-bond acceptors (Lipinski definition) is 5. The Balaban J connectivity index is 2.00. The van der Waals surface area contributed by atoms with Gasteiger partial charge in [0.05, 0.1) is 22.4 Å². The molecular formula is C18H17BrF3NO5S. The maximum Gasteiger partial charge on any atom is 0.422 e. The van der Waals surface area contributed by atoms with E-state index in [2.05, 4.69) is 20.7 Å². The van der Waals surface area contributed by atoms with E-state index >= 15 is 0 Å². The van der Waals surface area contributed by atoms with Crippen molar-refractivity contribution in [1.29, 1.82) is 0 Å². The second-order valence-corrected chi connectivity index (χ2v) is 8.32. The zero-order valence-corrected chi connectivity index (χ0v) is 17.5. The van der Waals surface area contributed by atoms with Crippen molar-refractivity contribution in [3.8, 4) is 11.5 Å². The number of carbonyl (C=O) groups is 1. The van der Waals surface area contributed by atoms with E-state index in [-0.39, 0.29) is 17.1 Å². The molecule has 1 amide bonds. The van der Waals surface area contributed by atoms with Crippen molar-refractivity contribution in [2.45, 2.75) is 24.4 Å². The van der Waals surface area contributed by atoms with E-state index in [9.17, 15) is 26.4 Å². The number of benzene rings is 2. The smallest absolute Gasteiger partial charge is 0.422 e. The summed E-state index contributed by atoms with van der Waals surface area (Å²) in [6.07, 6.45) is -4.74. The van der Waals surface area contributed by atoms with Crippen LogP contribution in [-0.4, -0.2) is 33.7 Å². The topological polar surface area (TPSA) is 81.7 Å². The number of sulfonamides is 1. The molecule has 11 heteroatoms. The maximum atomic E-state index is 12.4. The van der Waals surface area contributed by atoms with Crippen LogP contribution < -0.4 is 14.2 Å². The van der Waals surface area contributed by atoms with Gasteiger partial charge >= 0.3 is 6.18 Å². The molecule has 0 unspecified atom stereocenters. The number of hydrogen-bond donors (Lipinski definition) is 1. The lowest BCUT2D eigenvalue weighted by molar-refractivity contribution is -0.153. The Hall–Kier alpha value is -2.27. The van der Waals surface area contributed by atoms with Gasteiger partial charge in [0.2, 0.25) is 5.91 Å². The van der Waals surface area contributed by atoms with Gasteiger partial charge in [-0.15, -0.1) is 0 Å². The van der Waals surface area contributed by atoms with Crippen molar-refractivity contribution in [1.82, 2.24) is 4.72 Å². The van der Waals surface area contributed by atoms with Crippen molar-refractivity contribution >= 4 is 31.9 Å². The van der Waals surface area contributed by atoms with E-state index < -0.39 is 28.7 Å². The first-order valence-corrected chi connectivity index (χ1v) is 10.5. The molecule has 1 N–H and O–H groups in total. The van der Waals surface area contributed by atoms with E-state index in [4.69, 9.17) is 4.74 Å². The van der Waals surface area contributed by atoms with Gasteiger partial charge in [0.15, 0.2) is 6.61 Å². The monoisotopic (exact) mass is 495 g/mol. The molecule has 2 aromatic rings. The molecule has 0 aromatic heterocycles. The highest BCUT2D eigenvalue weighted by Crippen LogP contribution is 2.27. The van der Waals surface area contributed by atoms with Crippen molar-refractivity contribution in [2.24, 2.45) is 0 Å². The van der Waals surface area contributed by atoms with E-state index in [1.807, 2.05) is 4.72 Å². The number of carbonyl (C=O) groups excluding carboxylic acids is 1. The summed E-state index contributed by atoms with van der Waals surface area (Å²) in [6, 6.07) is 9.38. The zero-order valence-electron chi connectivity index (χ0n) is 15.1. The van der Waals surface area contributed by atoms with E-state index in [0.717, 1.165) is 0 Å². The summed E-state index contributed by atoms with van der Waals surface area (Å²) in [7, 11) is -4.10. The molecule has 158 valence electrons. The quantitative estimate of drug-likeness (QED) is 0.601. The van der Waals surface area contributed by atoms with Crippen molar-refractivity contribution in [3.63, 3.8) is 0 Å². The minimum absolute atomic E-state index is 0.0154. The van der Waals surface area contributed by atoms with Gasteiger partial charge in [0.25, 0.3) is 10.0 Å². The molecule has 2 rings (SSSR count). The third kappa shape index (κ3) is 7.24. The molecular weight excluding hydrogens is 479 g/mol. The molecule has 2 aromatic carbocycles. The molecule has 0 saturated heterocycles. The molecule has 6 nitrogen and oxygen atoms in total. The van der Waals surface area contributed by atoms with Crippen LogP contribution in [0.15, 0.2) is 51.8 Å². The van der Waals surface area contributed by atoms with E-state index in [0.29, 0.717) is 22.4 Å². The first kappa shape index (κ1) is 23.0. The molecule has 0 spiro atoms. The number of nitrogens with one attached hydrogen (secondary N) is 1. The predicted molar refractivity (Wildman–Crippen MR) is 102 cm³/mol. The highest BCUT2D eigenvalue weighted by molar-refractivity contribution is 9.10. The summed E-state index contributed by atoms with van der Waals surface area (Å²) < 4.78 is 73.4. The predicted octanol–water partition coefficient (Wildman–Crippen LogP) is 3.84. The Bertz CT molecular complexity index is 962. The number of halogens is 4. The lowest BCUT2D eigenvalue weighted by Crippen LogP contribution is -2.31. The molecule has 0 atom stereocenters. The normalized spacial score (nSPS) is 11.8. The Morgan fingerprint density at radius 1 is 1.10 bits per heavy atom. The molecule has 0 aliphatic heterocycles. The number of rotatable bonds is 8. The Labute approximate surface area is 174 Å². The van der Waals surface area contributed by atoms with E-state index in [1.165, 1.54) is 42.5 Å². The standard InChI is InChI=1S/C18H17BrF3NO5S/c1-2-27-16-8-7-14(10-15(16)19)29(25,26)23-17(24)9-12-3-5-13(6-4-12)28-11-18(20,21)22/h3-8,10H,2,9,11H2,1H3,(H,23,24). The Morgan fingerprint density at radius 3 is 2.31 bits per heavy atom. The second kappa shape index (κ2) is 9.49. The summed E-state index contributed by atoms with van der Waals surface area (Å²) >= 11 is 3.21. The summed E-state index contributed by atoms with van der Waals surface area (Å²) in [5.74, 6) is -0.345. The number of ether oxygens (including phenoxy) is 2. The number of alkyl halides is 3. The molecule has 0 bridgehead atoms. The molecule has 0 aliphatic carbocycles. The number of amides is 1. The van der Waals surface area contributed by atoms with Crippen molar-refractivity contribution < 1.29 is 35.9 Å². The Kier molecular flexibility index (Phi) is 7.53. The minimum Gasteiger partial charge on any atom is -0.493 e. The van der Waals surface area contributed by atoms with Gasteiger partial charge in [-0.25, -0.2) is 13.1 Å². The van der Waals surface area contributed by atoms with Gasteiger partial charge in [0, 0.05) is 0 Å². The third-order valence-electron chi connectivity index (χ3n) is 3.45. The molecule has 0 saturated carbocycles. The SMILES string of the molecule is CCOc1ccc(S(=O)(=O)NC(=O)Cc2ccc(OCC(F)(F)F)cc2)cc1Br. The molecule has 0 fully saturated rings. The van der Waals surface area contributed by atoms with Crippen LogP contribution >= 0.6 is 15.9 Å². The molecule has 29 heavy (non-hydrogen) atoms. The molecule has 0 heterocycles. The lowest BCUT2D eigenvalue weighted by Gasteiger charge is -2.11. The van der Waals surface area contributed by atoms with Crippen LogP contribution in [0.2, 0.25) is 0 Å². The fraction of sp³-hybridized carbons (Fsp3) is 0.278. The minimum atomic E-state index is -4.46. The van der Waals surface area contributed by atoms with Gasteiger partial charge < -0.3 is 9.47 Å². The summed E-state index contributed by atoms with van der Waals surface area (Å²) in [4.78, 5) is 12.0. The van der Waals surface area contributed by atoms with Crippen LogP contribution in [0.25, 0.3) is 0 Å². The van der Waals surface area contributed by atoms with Gasteiger partial charge in [-0.05, 0) is 58.7 Å². The highest BCUT2D eigenvalue weighted by Gasteiger charge is 2.28. The summed E-state index contributed by atoms with van der Waals surface area (Å²) in [5, 5.41) is 0. The van der Waals surface area contributed by atoms with Crippen molar-refractivity contribution in [2.75, 3.05) is 13.2 Å². The third-order valence-corrected chi connectivity index (χ3v) is 5.44. The fourth-order valence-electron chi connectivity index (χ4n) is 2.22. The average molecular weight is 496 g/mol. The largest absolute Gasteiger partial charge is 0.493 e. The van der Waals surface area contributed by atoms with Gasteiger partial charge in [-0.1, -0.05) is 12.1 Å². The van der Waals surface area contributed by atoms with Gasteiger partial charge in [0.1, 0.15) is 11.5 Å². The Morgan fingerprint density at radius 2 is 1.76 bits per heavy atom. The van der Waals surface area contributed by atoms with E-state index in [1.54, 1.807) is 6.92 Å². The van der Waals surface area contributed by atoms with Crippen LogP contribution in [0.5, 0.6) is 11.5 Å². The van der Waals surface area contributed by atoms with Crippen molar-refractivity contribution in [3.05, 3.63) is 52.5 Å². The molecule has 0 aliphatic rings. The van der Waals surface area contributed by atoms with Crippen LogP contribution in [0, 0.1) is 0 Å².